The second-order valence-electron chi connectivity index (χ2n) is 5.19. The minimum absolute atomic E-state index is 0.0488. The summed E-state index contributed by atoms with van der Waals surface area (Å²) in [5.41, 5.74) is 1.29. The number of rotatable bonds is 4. The van der Waals surface area contributed by atoms with Gasteiger partial charge >= 0.3 is 0 Å². The van der Waals surface area contributed by atoms with Crippen molar-refractivity contribution in [2.24, 2.45) is 0 Å². The van der Waals surface area contributed by atoms with E-state index in [1.165, 1.54) is 0 Å². The number of piperidine rings is 1. The molecular formula is C15H21ClN2O2. The lowest BCUT2D eigenvalue weighted by Crippen LogP contribution is -2.43. The van der Waals surface area contributed by atoms with Gasteiger partial charge in [-0.2, -0.15) is 0 Å². The van der Waals surface area contributed by atoms with Gasteiger partial charge in [0.05, 0.1) is 16.7 Å². The van der Waals surface area contributed by atoms with Crippen LogP contribution in [0.25, 0.3) is 0 Å². The first-order valence-corrected chi connectivity index (χ1v) is 7.52. The summed E-state index contributed by atoms with van der Waals surface area (Å²) in [6, 6.07) is 1.73. The lowest BCUT2D eigenvalue weighted by molar-refractivity contribution is 0.00210. The van der Waals surface area contributed by atoms with E-state index in [4.69, 9.17) is 16.3 Å². The fourth-order valence-corrected chi connectivity index (χ4v) is 2.68. The quantitative estimate of drug-likeness (QED) is 0.857. The van der Waals surface area contributed by atoms with E-state index >= 15 is 0 Å². The smallest absolute Gasteiger partial charge is 0.257 e. The molecule has 1 aliphatic rings. The van der Waals surface area contributed by atoms with E-state index in [0.29, 0.717) is 17.1 Å². The highest BCUT2D eigenvalue weighted by Gasteiger charge is 2.26. The molecule has 1 fully saturated rings. The number of aromatic nitrogens is 1. The number of hydrogen-bond acceptors (Lipinski definition) is 3. The molecule has 0 saturated carbocycles. The van der Waals surface area contributed by atoms with Crippen LogP contribution >= 0.6 is 11.6 Å². The average Bonchev–Trinajstić information content (AvgIpc) is 2.45. The number of likely N-dealkylation sites (tertiary alicyclic amines) is 1. The first kappa shape index (κ1) is 15.3. The Labute approximate surface area is 125 Å². The van der Waals surface area contributed by atoms with Crippen LogP contribution in [0.3, 0.4) is 0 Å². The lowest BCUT2D eigenvalue weighted by Gasteiger charge is -2.32. The van der Waals surface area contributed by atoms with Crippen molar-refractivity contribution in [2.75, 3.05) is 19.7 Å². The molecule has 2 heterocycles. The zero-order chi connectivity index (χ0) is 14.5. The molecule has 110 valence electrons. The molecule has 1 aromatic heterocycles. The number of nitrogens with zero attached hydrogens (tertiary/aromatic N) is 2. The van der Waals surface area contributed by atoms with Crippen LogP contribution in [0.15, 0.2) is 12.3 Å². The van der Waals surface area contributed by atoms with Gasteiger partial charge in [0, 0.05) is 31.6 Å². The van der Waals surface area contributed by atoms with Crippen LogP contribution in [0.1, 0.15) is 42.2 Å². The lowest BCUT2D eigenvalue weighted by atomic mass is 10.1. The Balaban J connectivity index is 2.04. The largest absolute Gasteiger partial charge is 0.376 e. The Morgan fingerprint density at radius 3 is 3.10 bits per heavy atom. The van der Waals surface area contributed by atoms with Crippen LogP contribution in [0.4, 0.5) is 0 Å². The number of aryl methyl sites for hydroxylation is 1. The van der Waals surface area contributed by atoms with Gasteiger partial charge in [-0.3, -0.25) is 9.78 Å². The highest BCUT2D eigenvalue weighted by Crippen LogP contribution is 2.21. The fraction of sp³-hybridized carbons (Fsp3) is 0.600. The number of pyridine rings is 1. The Morgan fingerprint density at radius 2 is 2.40 bits per heavy atom. The maximum absolute atomic E-state index is 12.5. The summed E-state index contributed by atoms with van der Waals surface area (Å²) in [4.78, 5) is 18.5. The van der Waals surface area contributed by atoms with E-state index in [1.807, 2.05) is 11.8 Å². The molecule has 1 amide bonds. The third-order valence-corrected chi connectivity index (χ3v) is 3.76. The molecule has 5 heteroatoms. The predicted molar refractivity (Wildman–Crippen MR) is 79.2 cm³/mol. The SMILES string of the molecule is CCCOC1CCCN(C(=O)c2cnc(C)cc2Cl)C1. The van der Waals surface area contributed by atoms with Crippen molar-refractivity contribution in [2.45, 2.75) is 39.2 Å². The van der Waals surface area contributed by atoms with Crippen molar-refractivity contribution < 1.29 is 9.53 Å². The number of carbonyl (C=O) groups excluding carboxylic acids is 1. The summed E-state index contributed by atoms with van der Waals surface area (Å²) < 4.78 is 5.76. The van der Waals surface area contributed by atoms with E-state index in [0.717, 1.165) is 38.1 Å². The van der Waals surface area contributed by atoms with Crippen LogP contribution in [0.2, 0.25) is 5.02 Å². The van der Waals surface area contributed by atoms with E-state index in [-0.39, 0.29) is 12.0 Å². The molecule has 1 unspecified atom stereocenters. The molecule has 1 saturated heterocycles. The molecular weight excluding hydrogens is 276 g/mol. The fourth-order valence-electron chi connectivity index (χ4n) is 2.40. The average molecular weight is 297 g/mol. The molecule has 0 N–H and O–H groups in total. The molecule has 0 aromatic carbocycles. The Hall–Kier alpha value is -1.13. The topological polar surface area (TPSA) is 42.4 Å². The highest BCUT2D eigenvalue weighted by atomic mass is 35.5. The Bertz CT molecular complexity index is 479. The number of carbonyl (C=O) groups is 1. The van der Waals surface area contributed by atoms with E-state index in [9.17, 15) is 4.79 Å². The Kier molecular flexibility index (Phi) is 5.38. The molecule has 2 rings (SSSR count). The highest BCUT2D eigenvalue weighted by molar-refractivity contribution is 6.33. The molecule has 1 aromatic rings. The van der Waals surface area contributed by atoms with Crippen molar-refractivity contribution in [1.29, 1.82) is 0 Å². The van der Waals surface area contributed by atoms with Crippen LogP contribution in [0.5, 0.6) is 0 Å². The van der Waals surface area contributed by atoms with Gasteiger partial charge in [0.2, 0.25) is 0 Å². The summed E-state index contributed by atoms with van der Waals surface area (Å²) in [5.74, 6) is -0.0488. The first-order valence-electron chi connectivity index (χ1n) is 7.14. The maximum Gasteiger partial charge on any atom is 0.257 e. The van der Waals surface area contributed by atoms with Gasteiger partial charge in [0.25, 0.3) is 5.91 Å². The maximum atomic E-state index is 12.5. The Morgan fingerprint density at radius 1 is 1.60 bits per heavy atom. The monoisotopic (exact) mass is 296 g/mol. The predicted octanol–water partition coefficient (Wildman–Crippen LogP) is 3.07. The van der Waals surface area contributed by atoms with Crippen molar-refractivity contribution in [1.82, 2.24) is 9.88 Å². The zero-order valence-electron chi connectivity index (χ0n) is 12.1. The molecule has 0 aliphatic carbocycles. The number of amides is 1. The van der Waals surface area contributed by atoms with E-state index in [1.54, 1.807) is 12.3 Å². The van der Waals surface area contributed by atoms with Gasteiger partial charge in [0.1, 0.15) is 0 Å². The second-order valence-corrected chi connectivity index (χ2v) is 5.60. The van der Waals surface area contributed by atoms with Crippen molar-refractivity contribution in [3.8, 4) is 0 Å². The normalized spacial score (nSPS) is 19.1. The number of ether oxygens (including phenoxy) is 1. The van der Waals surface area contributed by atoms with E-state index < -0.39 is 0 Å². The van der Waals surface area contributed by atoms with Gasteiger partial charge in [-0.25, -0.2) is 0 Å². The van der Waals surface area contributed by atoms with Gasteiger partial charge < -0.3 is 9.64 Å². The third-order valence-electron chi connectivity index (χ3n) is 3.44. The molecule has 1 atom stereocenters. The van der Waals surface area contributed by atoms with Gasteiger partial charge in [-0.1, -0.05) is 18.5 Å². The van der Waals surface area contributed by atoms with Crippen LogP contribution < -0.4 is 0 Å². The third kappa shape index (κ3) is 3.70. The molecule has 4 nitrogen and oxygen atoms in total. The van der Waals surface area contributed by atoms with Crippen molar-refractivity contribution >= 4 is 17.5 Å². The molecule has 0 spiro atoms. The standard InChI is InChI=1S/C15H21ClN2O2/c1-3-7-20-12-5-4-6-18(10-12)15(19)13-9-17-11(2)8-14(13)16/h8-9,12H,3-7,10H2,1-2H3. The van der Waals surface area contributed by atoms with Gasteiger partial charge in [0.15, 0.2) is 0 Å². The van der Waals surface area contributed by atoms with E-state index in [2.05, 4.69) is 11.9 Å². The molecule has 20 heavy (non-hydrogen) atoms. The molecule has 0 bridgehead atoms. The molecule has 1 aliphatic heterocycles. The van der Waals surface area contributed by atoms with Crippen molar-refractivity contribution in [3.63, 3.8) is 0 Å². The first-order chi connectivity index (χ1) is 9.61. The summed E-state index contributed by atoms with van der Waals surface area (Å²) in [6.07, 6.45) is 4.69. The minimum atomic E-state index is -0.0488. The van der Waals surface area contributed by atoms with Crippen LogP contribution in [0, 0.1) is 6.92 Å². The summed E-state index contributed by atoms with van der Waals surface area (Å²) in [7, 11) is 0. The second kappa shape index (κ2) is 7.04. The zero-order valence-corrected chi connectivity index (χ0v) is 12.8. The van der Waals surface area contributed by atoms with Crippen LogP contribution in [-0.2, 0) is 4.74 Å². The number of halogens is 1. The number of hydrogen-bond donors (Lipinski definition) is 0. The molecule has 0 radical (unpaired) electrons. The van der Waals surface area contributed by atoms with Crippen molar-refractivity contribution in [3.05, 3.63) is 28.5 Å². The minimum Gasteiger partial charge on any atom is -0.376 e. The summed E-state index contributed by atoms with van der Waals surface area (Å²) in [5, 5.41) is 0.471. The van der Waals surface area contributed by atoms with Crippen LogP contribution in [-0.4, -0.2) is 41.6 Å². The summed E-state index contributed by atoms with van der Waals surface area (Å²) >= 11 is 6.14. The van der Waals surface area contributed by atoms with Gasteiger partial charge in [-0.05, 0) is 32.3 Å². The van der Waals surface area contributed by atoms with Gasteiger partial charge in [-0.15, -0.1) is 0 Å². The summed E-state index contributed by atoms with van der Waals surface area (Å²) in [6.45, 7) is 6.09.